The molecule has 0 radical (unpaired) electrons. The normalized spacial score (nSPS) is 17.7. The summed E-state index contributed by atoms with van der Waals surface area (Å²) in [4.78, 5) is 50.6. The number of halogens is 2. The fraction of sp³-hybridized carbons (Fsp3) is 0.500. The molecule has 4 N–H and O–H groups in total. The molecule has 3 amide bonds. The standard InChI is InChI=1S/C34H43F2N7O5S/c1-33(2,3)47-31(45)39-18-10-9-15-43(17-18)27-19-13-14-22(37-7)25(19)38-16-23(27)40-28(44)26-30(42-32(46)48-34(4,5)6)49-29(41-26)24-20(35)11-8-12-21(24)36/h8,11-12,16,18,22,37H,9-10,13-15,17H2,1-7H3,(H,39,45)(H,40,44)(H,42,46)/t18-,22?/m0/s1. The minimum Gasteiger partial charge on any atom is -0.444 e. The topological polar surface area (TPSA) is 147 Å². The molecule has 2 atom stereocenters. The van der Waals surface area contributed by atoms with Crippen LogP contribution in [0, 0.1) is 11.6 Å². The zero-order valence-electron chi connectivity index (χ0n) is 28.8. The summed E-state index contributed by atoms with van der Waals surface area (Å²) >= 11 is 0.749. The number of carbonyl (C=O) groups is 3. The van der Waals surface area contributed by atoms with Crippen LogP contribution in [0.2, 0.25) is 0 Å². The van der Waals surface area contributed by atoms with Crippen molar-refractivity contribution in [2.75, 3.05) is 35.7 Å². The summed E-state index contributed by atoms with van der Waals surface area (Å²) in [6, 6.07) is 3.22. The Morgan fingerprint density at radius 1 is 0.980 bits per heavy atom. The van der Waals surface area contributed by atoms with Crippen molar-refractivity contribution >= 4 is 45.8 Å². The van der Waals surface area contributed by atoms with E-state index in [0.717, 1.165) is 59.7 Å². The van der Waals surface area contributed by atoms with Crippen molar-refractivity contribution in [1.82, 2.24) is 20.6 Å². The van der Waals surface area contributed by atoms with Crippen LogP contribution in [0.4, 0.5) is 34.7 Å². The molecule has 0 saturated carbocycles. The lowest BCUT2D eigenvalue weighted by molar-refractivity contribution is 0.0499. The van der Waals surface area contributed by atoms with Crippen molar-refractivity contribution < 1.29 is 32.6 Å². The summed E-state index contributed by atoms with van der Waals surface area (Å²) in [5, 5.41) is 11.6. The van der Waals surface area contributed by atoms with Crippen molar-refractivity contribution in [3.63, 3.8) is 0 Å². The van der Waals surface area contributed by atoms with Gasteiger partial charge in [-0.2, -0.15) is 0 Å². The van der Waals surface area contributed by atoms with Gasteiger partial charge in [-0.3, -0.25) is 15.1 Å². The van der Waals surface area contributed by atoms with E-state index in [4.69, 9.17) is 14.5 Å². The minimum atomic E-state index is -0.867. The van der Waals surface area contributed by atoms with Crippen molar-refractivity contribution in [2.45, 2.75) is 90.5 Å². The maximum Gasteiger partial charge on any atom is 0.412 e. The van der Waals surface area contributed by atoms with Gasteiger partial charge < -0.3 is 30.3 Å². The van der Waals surface area contributed by atoms with Crippen LogP contribution in [0.25, 0.3) is 10.6 Å². The molecule has 49 heavy (non-hydrogen) atoms. The number of rotatable bonds is 7. The molecule has 5 rings (SSSR count). The fourth-order valence-corrected chi connectivity index (χ4v) is 6.98. The SMILES string of the molecule is CNC1CCc2c1ncc(NC(=O)c1nc(-c3c(F)cccc3F)sc1NC(=O)OC(C)(C)C)c2N1CCC[C@H](NC(=O)OC(C)(C)C)C1. The molecule has 0 spiro atoms. The largest absolute Gasteiger partial charge is 0.444 e. The molecule has 2 aromatic heterocycles. The van der Waals surface area contributed by atoms with Crippen LogP contribution in [-0.4, -0.2) is 65.4 Å². The number of alkyl carbamates (subject to hydrolysis) is 1. The van der Waals surface area contributed by atoms with E-state index in [-0.39, 0.29) is 27.8 Å². The number of amides is 3. The van der Waals surface area contributed by atoms with Crippen molar-refractivity contribution in [3.8, 4) is 10.6 Å². The lowest BCUT2D eigenvalue weighted by Crippen LogP contribution is -2.49. The number of anilines is 3. The average molecular weight is 700 g/mol. The molecule has 12 nitrogen and oxygen atoms in total. The van der Waals surface area contributed by atoms with Gasteiger partial charge in [-0.05, 0) is 86.4 Å². The van der Waals surface area contributed by atoms with Gasteiger partial charge in [0, 0.05) is 30.7 Å². The van der Waals surface area contributed by atoms with Gasteiger partial charge in [0.25, 0.3) is 5.91 Å². The van der Waals surface area contributed by atoms with Gasteiger partial charge >= 0.3 is 12.2 Å². The number of hydrogen-bond acceptors (Lipinski definition) is 10. The van der Waals surface area contributed by atoms with Crippen LogP contribution in [0.3, 0.4) is 0 Å². The quantitative estimate of drug-likeness (QED) is 0.210. The molecule has 1 fully saturated rings. The maximum atomic E-state index is 14.8. The Hall–Kier alpha value is -4.37. The van der Waals surface area contributed by atoms with Gasteiger partial charge in [0.2, 0.25) is 0 Å². The van der Waals surface area contributed by atoms with E-state index >= 15 is 0 Å². The third kappa shape index (κ3) is 8.63. The molecular formula is C34H43F2N7O5S. The first-order chi connectivity index (χ1) is 23.0. The monoisotopic (exact) mass is 699 g/mol. The van der Waals surface area contributed by atoms with Crippen LogP contribution < -0.4 is 26.2 Å². The Balaban J connectivity index is 1.50. The highest BCUT2D eigenvalue weighted by Gasteiger charge is 2.34. The van der Waals surface area contributed by atoms with E-state index in [1.807, 2.05) is 7.05 Å². The summed E-state index contributed by atoms with van der Waals surface area (Å²) in [7, 11) is 1.87. The highest BCUT2D eigenvalue weighted by molar-refractivity contribution is 7.19. The van der Waals surface area contributed by atoms with E-state index in [0.29, 0.717) is 25.2 Å². The lowest BCUT2D eigenvalue weighted by atomic mass is 10.0. The number of carbonyl (C=O) groups excluding carboxylic acids is 3. The number of ether oxygens (including phenoxy) is 2. The minimum absolute atomic E-state index is 0.0281. The van der Waals surface area contributed by atoms with E-state index in [1.165, 1.54) is 6.07 Å². The molecule has 1 aliphatic carbocycles. The molecule has 15 heteroatoms. The summed E-state index contributed by atoms with van der Waals surface area (Å²) in [6.07, 6.45) is 3.25. The van der Waals surface area contributed by atoms with Crippen LogP contribution in [0.15, 0.2) is 24.4 Å². The fourth-order valence-electron chi connectivity index (χ4n) is 5.98. The van der Waals surface area contributed by atoms with Crippen LogP contribution in [0.5, 0.6) is 0 Å². The van der Waals surface area contributed by atoms with Crippen molar-refractivity contribution in [1.29, 1.82) is 0 Å². The highest BCUT2D eigenvalue weighted by Crippen LogP contribution is 2.42. The van der Waals surface area contributed by atoms with Gasteiger partial charge in [0.05, 0.1) is 28.8 Å². The summed E-state index contributed by atoms with van der Waals surface area (Å²) < 4.78 is 40.5. The number of aromatic nitrogens is 2. The van der Waals surface area contributed by atoms with Crippen molar-refractivity contribution in [2.24, 2.45) is 0 Å². The number of nitrogens with zero attached hydrogens (tertiary/aromatic N) is 3. The molecule has 1 unspecified atom stereocenters. The molecule has 3 heterocycles. The number of thiazole rings is 1. The van der Waals surface area contributed by atoms with Gasteiger partial charge in [0.1, 0.15) is 32.8 Å². The smallest absolute Gasteiger partial charge is 0.412 e. The third-order valence-corrected chi connectivity index (χ3v) is 8.87. The summed E-state index contributed by atoms with van der Waals surface area (Å²) in [6.45, 7) is 11.6. The predicted octanol–water partition coefficient (Wildman–Crippen LogP) is 6.78. The number of fused-ring (bicyclic) bond motifs is 1. The zero-order chi connectivity index (χ0) is 35.7. The predicted molar refractivity (Wildman–Crippen MR) is 184 cm³/mol. The van der Waals surface area contributed by atoms with Gasteiger partial charge in [-0.1, -0.05) is 17.4 Å². The van der Waals surface area contributed by atoms with Crippen LogP contribution >= 0.6 is 11.3 Å². The van der Waals surface area contributed by atoms with Crippen LogP contribution in [0.1, 0.15) is 88.6 Å². The number of piperidine rings is 1. The number of hydrogen-bond donors (Lipinski definition) is 4. The third-order valence-electron chi connectivity index (χ3n) is 7.88. The number of pyridine rings is 1. The van der Waals surface area contributed by atoms with E-state index in [2.05, 4.69) is 31.2 Å². The zero-order valence-corrected chi connectivity index (χ0v) is 29.6. The van der Waals surface area contributed by atoms with E-state index in [9.17, 15) is 23.2 Å². The molecule has 1 saturated heterocycles. The van der Waals surface area contributed by atoms with Crippen molar-refractivity contribution in [3.05, 3.63) is 53.0 Å². The Morgan fingerprint density at radius 3 is 2.31 bits per heavy atom. The summed E-state index contributed by atoms with van der Waals surface area (Å²) in [5.41, 5.74) is 0.834. The first kappa shape index (κ1) is 35.9. The average Bonchev–Trinajstić information content (AvgIpc) is 3.59. The van der Waals surface area contributed by atoms with Gasteiger partial charge in [-0.25, -0.2) is 23.4 Å². The summed E-state index contributed by atoms with van der Waals surface area (Å²) in [5.74, 6) is -2.46. The first-order valence-corrected chi connectivity index (χ1v) is 17.0. The van der Waals surface area contributed by atoms with Gasteiger partial charge in [-0.15, -0.1) is 0 Å². The number of nitrogens with one attached hydrogen (secondary N) is 4. The Labute approximate surface area is 288 Å². The van der Waals surface area contributed by atoms with E-state index < -0.39 is 46.5 Å². The molecule has 264 valence electrons. The molecular weight excluding hydrogens is 656 g/mol. The first-order valence-electron chi connectivity index (χ1n) is 16.2. The molecule has 0 bridgehead atoms. The van der Waals surface area contributed by atoms with Gasteiger partial charge in [0.15, 0.2) is 5.69 Å². The maximum absolute atomic E-state index is 14.8. The Morgan fingerprint density at radius 2 is 1.65 bits per heavy atom. The Bertz CT molecular complexity index is 1720. The second-order valence-corrected chi connectivity index (χ2v) is 15.1. The molecule has 2 aliphatic rings. The van der Waals surface area contributed by atoms with E-state index in [1.54, 1.807) is 47.7 Å². The Kier molecular flexibility index (Phi) is 10.4. The second-order valence-electron chi connectivity index (χ2n) is 14.1. The highest BCUT2D eigenvalue weighted by atomic mass is 32.1. The molecule has 3 aromatic rings. The second kappa shape index (κ2) is 14.2. The molecule has 1 aliphatic heterocycles. The van der Waals surface area contributed by atoms with Crippen LogP contribution in [-0.2, 0) is 15.9 Å². The molecule has 1 aromatic carbocycles. The number of benzene rings is 1. The lowest BCUT2D eigenvalue weighted by Gasteiger charge is -2.37.